The lowest BCUT2D eigenvalue weighted by Crippen LogP contribution is -2.19. The summed E-state index contributed by atoms with van der Waals surface area (Å²) in [6.07, 6.45) is 1.72. The first-order valence-electron chi connectivity index (χ1n) is 10.0. The summed E-state index contributed by atoms with van der Waals surface area (Å²) in [5.41, 5.74) is 1.99. The van der Waals surface area contributed by atoms with E-state index in [0.717, 1.165) is 5.56 Å². The van der Waals surface area contributed by atoms with E-state index in [1.165, 1.54) is 18.9 Å². The molecule has 0 atom stereocenters. The summed E-state index contributed by atoms with van der Waals surface area (Å²) in [6.45, 7) is 0.239. The fraction of sp³-hybridized carbons (Fsp3) is 0.0833. The Hall–Kier alpha value is -1.39. The maximum atomic E-state index is 12.6. The minimum Gasteiger partial charge on any atom is -0.493 e. The Morgan fingerprint density at radius 3 is 2.53 bits per heavy atom. The smallest absolute Gasteiger partial charge is 0.264 e. The molecule has 1 N–H and O–H groups in total. The van der Waals surface area contributed by atoms with Crippen LogP contribution in [-0.4, -0.2) is 18.2 Å². The largest absolute Gasteiger partial charge is 0.493 e. The number of hydrogen-bond acceptors (Lipinski definition) is 5. The zero-order valence-electron chi connectivity index (χ0n) is 18.2. The van der Waals surface area contributed by atoms with Crippen LogP contribution in [-0.2, 0) is 11.4 Å². The molecule has 186 valence electrons. The normalized spacial score (nSPS) is 15.5. The predicted octanol–water partition coefficient (Wildman–Crippen LogP) is 9.30. The first-order valence-corrected chi connectivity index (χ1v) is 14.0. The number of thioether (sulfide) groups is 1. The zero-order valence-corrected chi connectivity index (χ0v) is 25.2. The lowest BCUT2D eigenvalue weighted by Gasteiger charge is -2.16. The molecule has 4 rings (SSSR count). The van der Waals surface area contributed by atoms with Gasteiger partial charge in [-0.3, -0.25) is 4.79 Å². The van der Waals surface area contributed by atoms with Crippen LogP contribution < -0.4 is 14.8 Å². The number of halogens is 6. The van der Waals surface area contributed by atoms with E-state index in [1.807, 2.05) is 6.07 Å². The summed E-state index contributed by atoms with van der Waals surface area (Å²) in [5.74, 6) is 0.665. The van der Waals surface area contributed by atoms with Crippen LogP contribution in [0.1, 0.15) is 11.1 Å². The number of carbonyl (C=O) groups is 1. The van der Waals surface area contributed by atoms with Crippen molar-refractivity contribution in [3.8, 4) is 11.5 Å². The molecule has 0 aromatic heterocycles. The van der Waals surface area contributed by atoms with E-state index in [0.29, 0.717) is 61.9 Å². The molecule has 0 unspecified atom stereocenters. The number of hydrogen-bond donors (Lipinski definition) is 1. The number of aliphatic imine (C=N–C) groups is 1. The van der Waals surface area contributed by atoms with Gasteiger partial charge in [0.1, 0.15) is 6.61 Å². The summed E-state index contributed by atoms with van der Waals surface area (Å²) < 4.78 is 12.9. The van der Waals surface area contributed by atoms with E-state index >= 15 is 0 Å². The lowest BCUT2D eigenvalue weighted by molar-refractivity contribution is -0.115. The molecule has 1 heterocycles. The average Bonchev–Trinajstić information content (AvgIpc) is 3.19. The maximum Gasteiger partial charge on any atom is 0.264 e. The Labute approximate surface area is 248 Å². The second kappa shape index (κ2) is 12.0. The molecule has 1 fully saturated rings. The van der Waals surface area contributed by atoms with E-state index < -0.39 is 0 Å². The number of carbonyl (C=O) groups excluding carboxylic acids is 1. The van der Waals surface area contributed by atoms with Gasteiger partial charge in [0, 0.05) is 4.47 Å². The van der Waals surface area contributed by atoms with Crippen molar-refractivity contribution in [2.75, 3.05) is 7.11 Å². The Morgan fingerprint density at radius 2 is 1.81 bits per heavy atom. The summed E-state index contributed by atoms with van der Waals surface area (Å²) in [7, 11) is 1.54. The van der Waals surface area contributed by atoms with Gasteiger partial charge in [0.15, 0.2) is 16.7 Å². The van der Waals surface area contributed by atoms with Gasteiger partial charge < -0.3 is 14.8 Å². The highest BCUT2D eigenvalue weighted by Crippen LogP contribution is 2.44. The number of rotatable bonds is 6. The molecule has 1 amide bonds. The van der Waals surface area contributed by atoms with Gasteiger partial charge in [-0.25, -0.2) is 4.99 Å². The number of nitrogens with zero attached hydrogens (tertiary/aromatic N) is 1. The second-order valence-corrected chi connectivity index (χ2v) is 11.4. The van der Waals surface area contributed by atoms with E-state index in [4.69, 9.17) is 55.9 Å². The topological polar surface area (TPSA) is 59.9 Å². The number of methoxy groups -OCH3 is 1. The van der Waals surface area contributed by atoms with Crippen LogP contribution in [0.25, 0.3) is 6.08 Å². The summed E-state index contributed by atoms with van der Waals surface area (Å²) in [4.78, 5) is 17.5. The summed E-state index contributed by atoms with van der Waals surface area (Å²) in [5, 5.41) is 4.74. The van der Waals surface area contributed by atoms with Crippen molar-refractivity contribution >= 4 is 113 Å². The molecule has 1 aliphatic rings. The minimum atomic E-state index is -0.293. The number of amides is 1. The molecule has 0 saturated carbocycles. The highest BCUT2D eigenvalue weighted by atomic mass is 79.9. The summed E-state index contributed by atoms with van der Waals surface area (Å²) in [6, 6.07) is 12.2. The van der Waals surface area contributed by atoms with Gasteiger partial charge >= 0.3 is 0 Å². The Balaban J connectivity index is 1.60. The standard InChI is InChI=1S/C24H14Br2Cl4N2O3S/c1-34-17-8-12(19(25)20(26)22(17)35-10-11-5-6-13(27)15(29)7-11)9-18-23(33)32-24(36-18)31-16-4-2-3-14(28)21(16)30/h2-9H,10H2,1H3,(H,31,32,33)/b18-9-. The molecule has 36 heavy (non-hydrogen) atoms. The van der Waals surface area contributed by atoms with Gasteiger partial charge in [-0.1, -0.05) is 58.5 Å². The first kappa shape index (κ1) is 27.6. The lowest BCUT2D eigenvalue weighted by atomic mass is 10.1. The van der Waals surface area contributed by atoms with Gasteiger partial charge in [-0.05, 0) is 91.2 Å². The van der Waals surface area contributed by atoms with Gasteiger partial charge in [-0.2, -0.15) is 0 Å². The van der Waals surface area contributed by atoms with Crippen LogP contribution in [0.5, 0.6) is 11.5 Å². The van der Waals surface area contributed by atoms with Crippen LogP contribution in [0.4, 0.5) is 5.69 Å². The number of amidine groups is 1. The fourth-order valence-corrected chi connectivity index (χ4v) is 5.52. The highest BCUT2D eigenvalue weighted by molar-refractivity contribution is 9.13. The van der Waals surface area contributed by atoms with Crippen LogP contribution in [0.15, 0.2) is 61.3 Å². The molecular weight excluding hydrogens is 698 g/mol. The summed E-state index contributed by atoms with van der Waals surface area (Å²) >= 11 is 32.7. The van der Waals surface area contributed by atoms with Crippen molar-refractivity contribution in [1.82, 2.24) is 5.32 Å². The quantitative estimate of drug-likeness (QED) is 0.259. The molecule has 0 spiro atoms. The van der Waals surface area contributed by atoms with Gasteiger partial charge in [0.2, 0.25) is 0 Å². The number of ether oxygens (including phenoxy) is 2. The molecule has 0 bridgehead atoms. The van der Waals surface area contributed by atoms with Crippen molar-refractivity contribution in [1.29, 1.82) is 0 Å². The monoisotopic (exact) mass is 708 g/mol. The van der Waals surface area contributed by atoms with E-state index in [1.54, 1.807) is 42.5 Å². The Kier molecular flexibility index (Phi) is 9.20. The van der Waals surface area contributed by atoms with Gasteiger partial charge in [-0.15, -0.1) is 0 Å². The third kappa shape index (κ3) is 6.18. The van der Waals surface area contributed by atoms with E-state index in [9.17, 15) is 4.79 Å². The Morgan fingerprint density at radius 1 is 1.03 bits per heavy atom. The molecule has 3 aromatic carbocycles. The highest BCUT2D eigenvalue weighted by Gasteiger charge is 2.26. The SMILES string of the molecule is COc1cc(/C=C2\SC(=Nc3cccc(Cl)c3Cl)NC2=O)c(Br)c(Br)c1OCc1ccc(Cl)c(Cl)c1. The second-order valence-electron chi connectivity index (χ2n) is 7.22. The molecular formula is C24H14Br2Cl4N2O3S. The average molecular weight is 712 g/mol. The van der Waals surface area contributed by atoms with E-state index in [-0.39, 0.29) is 12.5 Å². The third-order valence-electron chi connectivity index (χ3n) is 4.83. The van der Waals surface area contributed by atoms with Crippen molar-refractivity contribution in [3.63, 3.8) is 0 Å². The molecule has 12 heteroatoms. The molecule has 5 nitrogen and oxygen atoms in total. The molecule has 1 saturated heterocycles. The third-order valence-corrected chi connectivity index (χ3v) is 9.43. The van der Waals surface area contributed by atoms with Crippen molar-refractivity contribution in [3.05, 3.63) is 87.5 Å². The van der Waals surface area contributed by atoms with Crippen molar-refractivity contribution < 1.29 is 14.3 Å². The van der Waals surface area contributed by atoms with Crippen LogP contribution in [0.2, 0.25) is 20.1 Å². The number of benzene rings is 3. The molecule has 0 aliphatic carbocycles. The van der Waals surface area contributed by atoms with Gasteiger partial charge in [0.25, 0.3) is 5.91 Å². The van der Waals surface area contributed by atoms with Crippen LogP contribution in [0, 0.1) is 0 Å². The number of nitrogens with one attached hydrogen (secondary N) is 1. The van der Waals surface area contributed by atoms with Crippen LogP contribution in [0.3, 0.4) is 0 Å². The first-order chi connectivity index (χ1) is 17.2. The minimum absolute atomic E-state index is 0.239. The van der Waals surface area contributed by atoms with E-state index in [2.05, 4.69) is 42.2 Å². The van der Waals surface area contributed by atoms with Crippen molar-refractivity contribution in [2.45, 2.75) is 6.61 Å². The van der Waals surface area contributed by atoms with Crippen molar-refractivity contribution in [2.24, 2.45) is 4.99 Å². The van der Waals surface area contributed by atoms with Gasteiger partial charge in [0.05, 0.1) is 42.3 Å². The van der Waals surface area contributed by atoms with Crippen LogP contribution >= 0.6 is 90.0 Å². The zero-order chi connectivity index (χ0) is 26.0. The predicted molar refractivity (Wildman–Crippen MR) is 156 cm³/mol. The fourth-order valence-electron chi connectivity index (χ4n) is 3.09. The maximum absolute atomic E-state index is 12.6. The molecule has 1 aliphatic heterocycles. The molecule has 0 radical (unpaired) electrons. The Bertz CT molecular complexity index is 1430. The molecule has 3 aromatic rings.